The Balaban J connectivity index is 3.82. The molecular formula is C3H4BrF2NO. The van der Waals surface area contributed by atoms with Crippen molar-refractivity contribution in [2.45, 2.75) is 4.83 Å². The molecule has 0 spiro atoms. The molecular weight excluding hydrogens is 184 g/mol. The van der Waals surface area contributed by atoms with E-state index in [1.165, 1.54) is 0 Å². The maximum absolute atomic E-state index is 11.6. The third kappa shape index (κ3) is 2.20. The summed E-state index contributed by atoms with van der Waals surface area (Å²) in [4.78, 5) is 6.50. The van der Waals surface area contributed by atoms with E-state index in [2.05, 4.69) is 0 Å². The maximum Gasteiger partial charge on any atom is 0.377 e. The molecule has 0 saturated carbocycles. The second-order valence-corrected chi connectivity index (χ2v) is 2.07. The Morgan fingerprint density at radius 2 is 2.12 bits per heavy atom. The lowest BCUT2D eigenvalue weighted by atomic mass is 10.6. The van der Waals surface area contributed by atoms with Gasteiger partial charge in [0.15, 0.2) is 0 Å². The van der Waals surface area contributed by atoms with Crippen molar-refractivity contribution >= 4 is 21.8 Å². The standard InChI is InChI=1S/C3H4BrF2NO/c1-7-2(8)3(4,5)6/h1H3,(H,7,8). The van der Waals surface area contributed by atoms with Gasteiger partial charge in [-0.15, -0.1) is 0 Å². The van der Waals surface area contributed by atoms with Crippen LogP contribution in [0.25, 0.3) is 0 Å². The Bertz CT molecular complexity index is 99.9. The van der Waals surface area contributed by atoms with Gasteiger partial charge < -0.3 is 5.32 Å². The first-order chi connectivity index (χ1) is 3.48. The summed E-state index contributed by atoms with van der Waals surface area (Å²) in [5.41, 5.74) is 0. The minimum Gasteiger partial charge on any atom is -0.353 e. The fourth-order valence-corrected chi connectivity index (χ4v) is 0.340. The third-order valence-electron chi connectivity index (χ3n) is 0.485. The van der Waals surface area contributed by atoms with Gasteiger partial charge in [-0.1, -0.05) is 0 Å². The predicted molar refractivity (Wildman–Crippen MR) is 27.9 cm³/mol. The summed E-state index contributed by atoms with van der Waals surface area (Å²) >= 11 is 1.86. The fourth-order valence-electron chi connectivity index (χ4n) is 0.142. The molecule has 0 rings (SSSR count). The van der Waals surface area contributed by atoms with Gasteiger partial charge in [0.1, 0.15) is 0 Å². The maximum atomic E-state index is 11.6. The average molecular weight is 188 g/mol. The number of nitrogens with one attached hydrogen (secondary N) is 1. The molecule has 0 aliphatic carbocycles. The summed E-state index contributed by atoms with van der Waals surface area (Å²) in [6.07, 6.45) is 0. The van der Waals surface area contributed by atoms with Gasteiger partial charge in [0.2, 0.25) is 0 Å². The molecule has 0 fully saturated rings. The van der Waals surface area contributed by atoms with Crippen LogP contribution >= 0.6 is 15.9 Å². The molecule has 0 aliphatic heterocycles. The number of alkyl halides is 3. The average Bonchev–Trinajstić information content (AvgIpc) is 1.62. The van der Waals surface area contributed by atoms with Crippen molar-refractivity contribution < 1.29 is 13.6 Å². The van der Waals surface area contributed by atoms with Gasteiger partial charge in [0.05, 0.1) is 0 Å². The molecule has 1 N–H and O–H groups in total. The highest BCUT2D eigenvalue weighted by molar-refractivity contribution is 9.10. The molecule has 0 unspecified atom stereocenters. The summed E-state index contributed by atoms with van der Waals surface area (Å²) in [6, 6.07) is 0. The van der Waals surface area contributed by atoms with Crippen LogP contribution in [0, 0.1) is 0 Å². The molecule has 0 aromatic carbocycles. The molecule has 5 heteroatoms. The summed E-state index contributed by atoms with van der Waals surface area (Å²) < 4.78 is 23.2. The highest BCUT2D eigenvalue weighted by atomic mass is 79.9. The smallest absolute Gasteiger partial charge is 0.353 e. The lowest BCUT2D eigenvalue weighted by molar-refractivity contribution is -0.133. The molecule has 0 aliphatic rings. The molecule has 8 heavy (non-hydrogen) atoms. The summed E-state index contributed by atoms with van der Waals surface area (Å²) in [5, 5.41) is 1.77. The van der Waals surface area contributed by atoms with Gasteiger partial charge in [-0.2, -0.15) is 8.78 Å². The zero-order chi connectivity index (χ0) is 6.78. The number of halogens is 3. The van der Waals surface area contributed by atoms with E-state index in [9.17, 15) is 13.6 Å². The van der Waals surface area contributed by atoms with Crippen molar-refractivity contribution in [3.8, 4) is 0 Å². The zero-order valence-corrected chi connectivity index (χ0v) is 5.63. The molecule has 0 bridgehead atoms. The van der Waals surface area contributed by atoms with Gasteiger partial charge >= 0.3 is 10.7 Å². The van der Waals surface area contributed by atoms with E-state index in [1.807, 2.05) is 15.9 Å². The lowest BCUT2D eigenvalue weighted by Gasteiger charge is -2.03. The minimum atomic E-state index is -3.43. The molecule has 0 aromatic heterocycles. The third-order valence-corrected chi connectivity index (χ3v) is 0.845. The molecule has 0 heterocycles. The van der Waals surface area contributed by atoms with Crippen LogP contribution in [0.5, 0.6) is 0 Å². The van der Waals surface area contributed by atoms with Gasteiger partial charge in [0, 0.05) is 23.0 Å². The molecule has 0 saturated heterocycles. The quantitative estimate of drug-likeness (QED) is 0.603. The molecule has 2 nitrogen and oxygen atoms in total. The van der Waals surface area contributed by atoms with Gasteiger partial charge in [-0.3, -0.25) is 4.79 Å². The van der Waals surface area contributed by atoms with Crippen molar-refractivity contribution in [1.82, 2.24) is 5.32 Å². The van der Waals surface area contributed by atoms with Crippen LogP contribution in [0.15, 0.2) is 0 Å². The molecule has 1 amide bonds. The lowest BCUT2D eigenvalue weighted by Crippen LogP contribution is -2.32. The second kappa shape index (κ2) is 2.39. The zero-order valence-electron chi connectivity index (χ0n) is 4.04. The number of carbonyl (C=O) groups is 1. The number of rotatable bonds is 1. The van der Waals surface area contributed by atoms with Crippen molar-refractivity contribution in [3.05, 3.63) is 0 Å². The SMILES string of the molecule is CNC(=O)C(F)(F)Br. The molecule has 0 atom stereocenters. The minimum absolute atomic E-state index is 1.14. The first-order valence-electron chi connectivity index (χ1n) is 1.77. The monoisotopic (exact) mass is 187 g/mol. The van der Waals surface area contributed by atoms with E-state index in [0.717, 1.165) is 7.05 Å². The van der Waals surface area contributed by atoms with E-state index in [1.54, 1.807) is 5.32 Å². The number of hydrogen-bond donors (Lipinski definition) is 1. The van der Waals surface area contributed by atoms with Crippen LogP contribution < -0.4 is 5.32 Å². The first-order valence-corrected chi connectivity index (χ1v) is 2.56. The Kier molecular flexibility index (Phi) is 2.33. The highest BCUT2D eigenvalue weighted by Crippen LogP contribution is 2.20. The number of carbonyl (C=O) groups excluding carboxylic acids is 1. The summed E-state index contributed by atoms with van der Waals surface area (Å²) in [6.45, 7) is 0. The van der Waals surface area contributed by atoms with Crippen LogP contribution in [0.1, 0.15) is 0 Å². The largest absolute Gasteiger partial charge is 0.377 e. The number of hydrogen-bond acceptors (Lipinski definition) is 1. The van der Waals surface area contributed by atoms with Gasteiger partial charge in [-0.25, -0.2) is 0 Å². The van der Waals surface area contributed by atoms with Gasteiger partial charge in [0.25, 0.3) is 0 Å². The van der Waals surface area contributed by atoms with E-state index in [4.69, 9.17) is 0 Å². The Labute approximate surface area is 53.4 Å². The van der Waals surface area contributed by atoms with Crippen LogP contribution in [-0.2, 0) is 4.79 Å². The van der Waals surface area contributed by atoms with E-state index >= 15 is 0 Å². The van der Waals surface area contributed by atoms with Crippen LogP contribution in [0.3, 0.4) is 0 Å². The Morgan fingerprint density at radius 3 is 2.12 bits per heavy atom. The first kappa shape index (κ1) is 7.81. The number of amides is 1. The predicted octanol–water partition coefficient (Wildman–Crippen LogP) is 0.720. The van der Waals surface area contributed by atoms with Crippen LogP contribution in [-0.4, -0.2) is 17.8 Å². The topological polar surface area (TPSA) is 29.1 Å². The second-order valence-electron chi connectivity index (χ2n) is 1.08. The molecule has 0 aromatic rings. The van der Waals surface area contributed by atoms with Crippen LogP contribution in [0.2, 0.25) is 0 Å². The highest BCUT2D eigenvalue weighted by Gasteiger charge is 2.33. The van der Waals surface area contributed by atoms with E-state index in [-0.39, 0.29) is 0 Å². The molecule has 48 valence electrons. The fraction of sp³-hybridized carbons (Fsp3) is 0.667. The Morgan fingerprint density at radius 1 is 1.75 bits per heavy atom. The van der Waals surface area contributed by atoms with E-state index in [0.29, 0.717) is 0 Å². The van der Waals surface area contributed by atoms with Crippen molar-refractivity contribution in [2.75, 3.05) is 7.05 Å². The molecule has 0 radical (unpaired) electrons. The van der Waals surface area contributed by atoms with Crippen molar-refractivity contribution in [1.29, 1.82) is 0 Å². The van der Waals surface area contributed by atoms with Crippen molar-refractivity contribution in [2.24, 2.45) is 0 Å². The van der Waals surface area contributed by atoms with Crippen LogP contribution in [0.4, 0.5) is 8.78 Å². The van der Waals surface area contributed by atoms with Gasteiger partial charge in [-0.05, 0) is 0 Å². The normalized spacial score (nSPS) is 11.0. The van der Waals surface area contributed by atoms with E-state index < -0.39 is 10.7 Å². The summed E-state index contributed by atoms with van der Waals surface area (Å²) in [7, 11) is 1.14. The summed E-state index contributed by atoms with van der Waals surface area (Å²) in [5.74, 6) is -1.34. The van der Waals surface area contributed by atoms with Crippen molar-refractivity contribution in [3.63, 3.8) is 0 Å². The Hall–Kier alpha value is -0.190.